The lowest BCUT2D eigenvalue weighted by atomic mass is 10.1. The molecule has 1 amide bonds. The number of rotatable bonds is 9. The average molecular weight is 393 g/mol. The minimum absolute atomic E-state index is 0.00231. The van der Waals surface area contributed by atoms with E-state index in [0.717, 1.165) is 22.9 Å². The number of thiazole rings is 1. The number of aryl methyl sites for hydroxylation is 1. The first-order chi connectivity index (χ1) is 13.7. The summed E-state index contributed by atoms with van der Waals surface area (Å²) < 4.78 is 5.76. The molecule has 0 fully saturated rings. The summed E-state index contributed by atoms with van der Waals surface area (Å²) in [6.07, 6.45) is 2.57. The molecule has 0 saturated heterocycles. The first-order valence-electron chi connectivity index (χ1n) is 9.23. The van der Waals surface area contributed by atoms with Gasteiger partial charge in [-0.25, -0.2) is 4.98 Å². The van der Waals surface area contributed by atoms with Gasteiger partial charge in [0, 0.05) is 24.0 Å². The van der Waals surface area contributed by atoms with E-state index in [0.29, 0.717) is 25.3 Å². The quantitative estimate of drug-likeness (QED) is 0.486. The number of benzene rings is 2. The van der Waals surface area contributed by atoms with Gasteiger partial charge in [0.1, 0.15) is 12.4 Å². The van der Waals surface area contributed by atoms with Crippen LogP contribution in [0.2, 0.25) is 0 Å². The van der Waals surface area contributed by atoms with Gasteiger partial charge in [-0.2, -0.15) is 0 Å². The smallest absolute Gasteiger partial charge is 0.254 e. The van der Waals surface area contributed by atoms with Crippen LogP contribution in [-0.4, -0.2) is 28.9 Å². The van der Waals surface area contributed by atoms with Crippen molar-refractivity contribution >= 4 is 17.2 Å². The molecule has 5 heteroatoms. The summed E-state index contributed by atoms with van der Waals surface area (Å²) in [6.45, 7) is 7.35. The maximum Gasteiger partial charge on any atom is 0.254 e. The van der Waals surface area contributed by atoms with Gasteiger partial charge in [0.15, 0.2) is 0 Å². The van der Waals surface area contributed by atoms with E-state index in [1.807, 2.05) is 59.7 Å². The molecule has 3 rings (SSSR count). The monoisotopic (exact) mass is 392 g/mol. The molecule has 0 bridgehead atoms. The van der Waals surface area contributed by atoms with Crippen molar-refractivity contribution in [3.05, 3.63) is 94.5 Å². The zero-order valence-corrected chi connectivity index (χ0v) is 16.8. The highest BCUT2D eigenvalue weighted by Crippen LogP contribution is 2.17. The van der Waals surface area contributed by atoms with E-state index in [1.165, 1.54) is 5.56 Å². The number of ether oxygens (including phenoxy) is 1. The fraction of sp³-hybridized carbons (Fsp3) is 0.217. The summed E-state index contributed by atoms with van der Waals surface area (Å²) in [5.41, 5.74) is 2.78. The van der Waals surface area contributed by atoms with Crippen LogP contribution in [0.5, 0.6) is 5.75 Å². The Morgan fingerprint density at radius 1 is 1.18 bits per heavy atom. The van der Waals surface area contributed by atoms with Crippen LogP contribution in [0, 0.1) is 6.92 Å². The van der Waals surface area contributed by atoms with Crippen molar-refractivity contribution in [1.29, 1.82) is 0 Å². The summed E-state index contributed by atoms with van der Waals surface area (Å²) >= 11 is 1.61. The second kappa shape index (κ2) is 9.85. The predicted molar refractivity (Wildman–Crippen MR) is 114 cm³/mol. The molecule has 3 aromatic rings. The number of carbonyl (C=O) groups excluding carboxylic acids is 1. The molecule has 0 atom stereocenters. The molecule has 4 nitrogen and oxygen atoms in total. The number of nitrogens with zero attached hydrogens (tertiary/aromatic N) is 2. The van der Waals surface area contributed by atoms with E-state index < -0.39 is 0 Å². The fourth-order valence-electron chi connectivity index (χ4n) is 2.85. The van der Waals surface area contributed by atoms with Crippen LogP contribution >= 0.6 is 11.3 Å². The number of aromatic nitrogens is 1. The zero-order chi connectivity index (χ0) is 19.8. The Morgan fingerprint density at radius 2 is 1.93 bits per heavy atom. The predicted octanol–water partition coefficient (Wildman–Crippen LogP) is 4.90. The molecule has 0 radical (unpaired) electrons. The summed E-state index contributed by atoms with van der Waals surface area (Å²) in [4.78, 5) is 19.1. The Bertz CT molecular complexity index is 904. The van der Waals surface area contributed by atoms with Crippen LogP contribution in [-0.2, 0) is 13.0 Å². The second-order valence-corrected chi connectivity index (χ2v) is 7.51. The summed E-state index contributed by atoms with van der Waals surface area (Å²) in [5, 5.41) is 3.02. The van der Waals surface area contributed by atoms with Gasteiger partial charge in [-0.05, 0) is 43.2 Å². The van der Waals surface area contributed by atoms with Gasteiger partial charge < -0.3 is 9.64 Å². The van der Waals surface area contributed by atoms with E-state index >= 15 is 0 Å². The van der Waals surface area contributed by atoms with Crippen LogP contribution in [0.25, 0.3) is 0 Å². The van der Waals surface area contributed by atoms with E-state index in [9.17, 15) is 4.79 Å². The lowest BCUT2D eigenvalue weighted by molar-refractivity contribution is 0.0775. The molecule has 0 aliphatic rings. The van der Waals surface area contributed by atoms with Gasteiger partial charge in [0.05, 0.1) is 10.7 Å². The molecule has 144 valence electrons. The van der Waals surface area contributed by atoms with Crippen LogP contribution in [0.3, 0.4) is 0 Å². The fourth-order valence-corrected chi connectivity index (χ4v) is 3.45. The van der Waals surface area contributed by atoms with Crippen LogP contribution in [0.15, 0.2) is 72.6 Å². The summed E-state index contributed by atoms with van der Waals surface area (Å²) in [5.74, 6) is 0.722. The minimum atomic E-state index is -0.00231. The Kier molecular flexibility index (Phi) is 6.98. The molecule has 0 aliphatic heterocycles. The number of amides is 1. The number of carbonyl (C=O) groups is 1. The van der Waals surface area contributed by atoms with Gasteiger partial charge in [-0.15, -0.1) is 17.9 Å². The number of hydrogen-bond donors (Lipinski definition) is 0. The first kappa shape index (κ1) is 19.8. The molecule has 28 heavy (non-hydrogen) atoms. The van der Waals surface area contributed by atoms with Crippen molar-refractivity contribution in [2.75, 3.05) is 13.1 Å². The molecule has 0 spiro atoms. The normalized spacial score (nSPS) is 10.5. The first-order valence-corrected chi connectivity index (χ1v) is 10.1. The third-order valence-electron chi connectivity index (χ3n) is 4.30. The summed E-state index contributed by atoms with van der Waals surface area (Å²) in [6, 6.07) is 17.5. The third kappa shape index (κ3) is 5.54. The molecule has 0 N–H and O–H groups in total. The molecule has 0 aliphatic carbocycles. The van der Waals surface area contributed by atoms with E-state index in [2.05, 4.69) is 23.7 Å². The maximum atomic E-state index is 12.9. The largest absolute Gasteiger partial charge is 0.487 e. The molecule has 0 saturated carbocycles. The van der Waals surface area contributed by atoms with Crippen LogP contribution < -0.4 is 4.74 Å². The van der Waals surface area contributed by atoms with Crippen molar-refractivity contribution in [1.82, 2.24) is 9.88 Å². The highest BCUT2D eigenvalue weighted by atomic mass is 32.1. The van der Waals surface area contributed by atoms with Crippen molar-refractivity contribution in [3.8, 4) is 5.75 Å². The van der Waals surface area contributed by atoms with Gasteiger partial charge in [-0.1, -0.05) is 36.4 Å². The van der Waals surface area contributed by atoms with Gasteiger partial charge in [0.25, 0.3) is 5.91 Å². The average Bonchev–Trinajstić information content (AvgIpc) is 3.15. The standard InChI is InChI=1S/C23H24N2O2S/c1-3-14-25(15-13-19-7-5-4-6-8-19)23(26)20-9-11-22(12-10-20)27-16-21-17-28-18(2)24-21/h3-12,17H,1,13-16H2,2H3. The van der Waals surface area contributed by atoms with Crippen molar-refractivity contribution in [3.63, 3.8) is 0 Å². The topological polar surface area (TPSA) is 42.4 Å². The summed E-state index contributed by atoms with van der Waals surface area (Å²) in [7, 11) is 0. The van der Waals surface area contributed by atoms with Crippen LogP contribution in [0.4, 0.5) is 0 Å². The molecule has 1 heterocycles. The van der Waals surface area contributed by atoms with E-state index in [4.69, 9.17) is 4.74 Å². The van der Waals surface area contributed by atoms with E-state index in [-0.39, 0.29) is 5.91 Å². The molecular weight excluding hydrogens is 368 g/mol. The van der Waals surface area contributed by atoms with Crippen LogP contribution in [0.1, 0.15) is 26.6 Å². The highest BCUT2D eigenvalue weighted by Gasteiger charge is 2.14. The van der Waals surface area contributed by atoms with Crippen molar-refractivity contribution < 1.29 is 9.53 Å². The maximum absolute atomic E-state index is 12.9. The van der Waals surface area contributed by atoms with Gasteiger partial charge >= 0.3 is 0 Å². The lowest BCUT2D eigenvalue weighted by Crippen LogP contribution is -2.33. The Morgan fingerprint density at radius 3 is 2.57 bits per heavy atom. The SMILES string of the molecule is C=CCN(CCc1ccccc1)C(=O)c1ccc(OCc2csc(C)n2)cc1. The molecule has 0 unspecified atom stereocenters. The lowest BCUT2D eigenvalue weighted by Gasteiger charge is -2.21. The Balaban J connectivity index is 1.59. The zero-order valence-electron chi connectivity index (χ0n) is 16.0. The molecule has 2 aromatic carbocycles. The highest BCUT2D eigenvalue weighted by molar-refractivity contribution is 7.09. The van der Waals surface area contributed by atoms with Gasteiger partial charge in [-0.3, -0.25) is 4.79 Å². The van der Waals surface area contributed by atoms with E-state index in [1.54, 1.807) is 17.4 Å². The third-order valence-corrected chi connectivity index (χ3v) is 5.13. The van der Waals surface area contributed by atoms with Crippen molar-refractivity contribution in [2.24, 2.45) is 0 Å². The number of hydrogen-bond acceptors (Lipinski definition) is 4. The second-order valence-electron chi connectivity index (χ2n) is 6.45. The van der Waals surface area contributed by atoms with Crippen molar-refractivity contribution in [2.45, 2.75) is 20.0 Å². The molecular formula is C23H24N2O2S. The molecule has 1 aromatic heterocycles. The Hall–Kier alpha value is -2.92. The van der Waals surface area contributed by atoms with Gasteiger partial charge in [0.2, 0.25) is 0 Å². The minimum Gasteiger partial charge on any atom is -0.487 e. The Labute approximate surface area is 170 Å².